The predicted octanol–water partition coefficient (Wildman–Crippen LogP) is -1.11. The molecule has 0 amide bonds. The van der Waals surface area contributed by atoms with Gasteiger partial charge in [-0.25, -0.2) is 0 Å². The van der Waals surface area contributed by atoms with Crippen molar-refractivity contribution in [2.24, 2.45) is 17.2 Å². The fourth-order valence-corrected chi connectivity index (χ4v) is 1.43. The lowest BCUT2D eigenvalue weighted by molar-refractivity contribution is -0.334. The van der Waals surface area contributed by atoms with Crippen LogP contribution in [0.5, 0.6) is 0 Å². The van der Waals surface area contributed by atoms with Crippen molar-refractivity contribution >= 4 is 0 Å². The minimum Gasteiger partial charge on any atom is -0.467 e. The van der Waals surface area contributed by atoms with Gasteiger partial charge >= 0.3 is 0 Å². The Morgan fingerprint density at radius 3 is 2.50 bits per heavy atom. The third kappa shape index (κ3) is 1.87. The molecule has 0 saturated carbocycles. The molecule has 0 aromatic carbocycles. The summed E-state index contributed by atoms with van der Waals surface area (Å²) in [5, 5.41) is 22.5. The number of hydroxylamine groups is 2. The van der Waals surface area contributed by atoms with Gasteiger partial charge in [-0.3, -0.25) is 10.4 Å². The average Bonchev–Trinajstić information content (AvgIpc) is 2.87. The van der Waals surface area contributed by atoms with Crippen LogP contribution in [-0.2, 0) is 6.54 Å². The number of nitrogens with two attached hydrogens (primary N) is 3. The van der Waals surface area contributed by atoms with E-state index < -0.39 is 0 Å². The van der Waals surface area contributed by atoms with Gasteiger partial charge in [-0.2, -0.15) is 0 Å². The third-order valence-electron chi connectivity index (χ3n) is 2.43. The molecule has 9 nitrogen and oxygen atoms in total. The van der Waals surface area contributed by atoms with E-state index in [0.29, 0.717) is 10.9 Å². The molecule has 0 bridgehead atoms. The summed E-state index contributed by atoms with van der Waals surface area (Å²) in [6.07, 6.45) is 1.51. The average molecular weight is 254 g/mol. The minimum atomic E-state index is -0.265. The minimum absolute atomic E-state index is 0.000556. The molecule has 1 aromatic rings. The van der Waals surface area contributed by atoms with Crippen LogP contribution < -0.4 is 22.5 Å². The van der Waals surface area contributed by atoms with Crippen molar-refractivity contribution in [3.8, 4) is 0 Å². The standard InChI is InChI=1S/C9H14N6O3/c10-6-7(11)9(15(17)14(16)8(6)12)13-4-5-2-1-3-18-5/h1-3,13,16-17H,4,10-12H2. The van der Waals surface area contributed by atoms with Crippen LogP contribution in [0.15, 0.2) is 45.8 Å². The van der Waals surface area contributed by atoms with Gasteiger partial charge in [-0.1, -0.05) is 0 Å². The second kappa shape index (κ2) is 4.39. The number of hydrogen-bond donors (Lipinski definition) is 6. The molecule has 2 rings (SSSR count). The molecule has 0 unspecified atom stereocenters. The van der Waals surface area contributed by atoms with Gasteiger partial charge in [0.15, 0.2) is 11.6 Å². The van der Waals surface area contributed by atoms with Gasteiger partial charge in [-0.15, -0.1) is 10.3 Å². The van der Waals surface area contributed by atoms with Gasteiger partial charge in [0.2, 0.25) is 0 Å². The summed E-state index contributed by atoms with van der Waals surface area (Å²) in [4.78, 5) is 0. The van der Waals surface area contributed by atoms with Crippen molar-refractivity contribution in [2.75, 3.05) is 0 Å². The molecular formula is C9H14N6O3. The van der Waals surface area contributed by atoms with Crippen molar-refractivity contribution < 1.29 is 14.8 Å². The summed E-state index contributed by atoms with van der Waals surface area (Å²) in [6.45, 7) is 0.251. The number of furan rings is 1. The Hall–Kier alpha value is -2.52. The van der Waals surface area contributed by atoms with Crippen LogP contribution in [0, 0.1) is 0 Å². The van der Waals surface area contributed by atoms with E-state index in [-0.39, 0.29) is 34.8 Å². The molecule has 0 radical (unpaired) electrons. The van der Waals surface area contributed by atoms with Crippen molar-refractivity contribution in [2.45, 2.75) is 6.54 Å². The van der Waals surface area contributed by atoms with Gasteiger partial charge < -0.3 is 26.9 Å². The van der Waals surface area contributed by atoms with Gasteiger partial charge in [0.25, 0.3) is 0 Å². The highest BCUT2D eigenvalue weighted by atomic mass is 16.7. The second-order valence-corrected chi connectivity index (χ2v) is 3.57. The zero-order valence-corrected chi connectivity index (χ0v) is 9.37. The highest BCUT2D eigenvalue weighted by Gasteiger charge is 2.28. The fourth-order valence-electron chi connectivity index (χ4n) is 1.43. The summed E-state index contributed by atoms with van der Waals surface area (Å²) in [6, 6.07) is 3.45. The fraction of sp³-hybridized carbons (Fsp3) is 0.111. The number of rotatable bonds is 3. The van der Waals surface area contributed by atoms with Crippen LogP contribution in [0.25, 0.3) is 0 Å². The molecule has 0 spiro atoms. The number of hydrogen-bond acceptors (Lipinski definition) is 9. The molecule has 18 heavy (non-hydrogen) atoms. The van der Waals surface area contributed by atoms with Crippen LogP contribution in [0.4, 0.5) is 0 Å². The first-order valence-electron chi connectivity index (χ1n) is 5.02. The summed E-state index contributed by atoms with van der Waals surface area (Å²) >= 11 is 0. The number of nitrogens with one attached hydrogen (secondary N) is 1. The first kappa shape index (κ1) is 12.0. The molecule has 0 saturated heterocycles. The van der Waals surface area contributed by atoms with Crippen LogP contribution in [0.2, 0.25) is 0 Å². The van der Waals surface area contributed by atoms with E-state index >= 15 is 0 Å². The van der Waals surface area contributed by atoms with Crippen LogP contribution in [0.1, 0.15) is 5.76 Å². The van der Waals surface area contributed by atoms with Crippen LogP contribution >= 0.6 is 0 Å². The topological polar surface area (TPSA) is 150 Å². The van der Waals surface area contributed by atoms with Crippen LogP contribution in [0.3, 0.4) is 0 Å². The lowest BCUT2D eigenvalue weighted by atomic mass is 10.3. The van der Waals surface area contributed by atoms with Crippen molar-refractivity contribution in [3.63, 3.8) is 0 Å². The van der Waals surface area contributed by atoms with Gasteiger partial charge in [0.1, 0.15) is 17.2 Å². The highest BCUT2D eigenvalue weighted by Crippen LogP contribution is 2.19. The Bertz CT molecular complexity index is 494. The molecule has 1 aromatic heterocycles. The van der Waals surface area contributed by atoms with Crippen LogP contribution in [-0.4, -0.2) is 20.8 Å². The lowest BCUT2D eigenvalue weighted by Crippen LogP contribution is -2.49. The Kier molecular flexibility index (Phi) is 2.92. The van der Waals surface area contributed by atoms with E-state index in [1.807, 2.05) is 0 Å². The Balaban J connectivity index is 2.19. The third-order valence-corrected chi connectivity index (χ3v) is 2.43. The first-order chi connectivity index (χ1) is 8.52. The zero-order valence-electron chi connectivity index (χ0n) is 9.37. The van der Waals surface area contributed by atoms with Gasteiger partial charge in [0, 0.05) is 0 Å². The molecule has 1 aliphatic heterocycles. The zero-order chi connectivity index (χ0) is 13.3. The molecule has 0 aliphatic carbocycles. The van der Waals surface area contributed by atoms with E-state index in [9.17, 15) is 10.4 Å². The summed E-state index contributed by atoms with van der Waals surface area (Å²) in [5.74, 6) is 0.355. The Morgan fingerprint density at radius 1 is 1.17 bits per heavy atom. The first-order valence-corrected chi connectivity index (χ1v) is 5.02. The maximum Gasteiger partial charge on any atom is 0.179 e. The molecule has 98 valence electrons. The summed E-state index contributed by atoms with van der Waals surface area (Å²) in [7, 11) is 0. The smallest absolute Gasteiger partial charge is 0.179 e. The van der Waals surface area contributed by atoms with Crippen molar-refractivity contribution in [1.29, 1.82) is 0 Å². The van der Waals surface area contributed by atoms with E-state index in [1.165, 1.54) is 6.26 Å². The second-order valence-electron chi connectivity index (χ2n) is 3.57. The molecule has 0 atom stereocenters. The maximum absolute atomic E-state index is 9.63. The van der Waals surface area contributed by atoms with E-state index in [0.717, 1.165) is 0 Å². The molecule has 2 heterocycles. The van der Waals surface area contributed by atoms with E-state index in [4.69, 9.17) is 21.6 Å². The normalized spacial score (nSPS) is 16.6. The van der Waals surface area contributed by atoms with E-state index in [2.05, 4.69) is 5.32 Å². The SMILES string of the molecule is NC1=C(N)N(O)N(O)C(NCc2ccco2)=C1N. The number of nitrogens with zero attached hydrogens (tertiary/aromatic N) is 2. The summed E-state index contributed by atoms with van der Waals surface area (Å²) < 4.78 is 5.10. The predicted molar refractivity (Wildman–Crippen MR) is 59.4 cm³/mol. The van der Waals surface area contributed by atoms with Gasteiger partial charge in [0.05, 0.1) is 12.8 Å². The quantitative estimate of drug-likeness (QED) is 0.394. The van der Waals surface area contributed by atoms with Crippen molar-refractivity contribution in [1.82, 2.24) is 15.7 Å². The molecular weight excluding hydrogens is 240 g/mol. The Labute approximate surface area is 102 Å². The Morgan fingerprint density at radius 2 is 1.89 bits per heavy atom. The lowest BCUT2D eigenvalue weighted by Gasteiger charge is -2.33. The van der Waals surface area contributed by atoms with E-state index in [1.54, 1.807) is 12.1 Å². The molecule has 1 aliphatic rings. The maximum atomic E-state index is 9.63. The monoisotopic (exact) mass is 254 g/mol. The molecule has 9 N–H and O–H groups in total. The summed E-state index contributed by atoms with van der Waals surface area (Å²) in [5.41, 5.74) is 16.7. The van der Waals surface area contributed by atoms with Gasteiger partial charge in [-0.05, 0) is 12.1 Å². The molecule has 9 heteroatoms. The number of hydrazine groups is 1. The molecule has 0 fully saturated rings. The highest BCUT2D eigenvalue weighted by molar-refractivity contribution is 5.33. The van der Waals surface area contributed by atoms with Crippen molar-refractivity contribution in [3.05, 3.63) is 47.2 Å². The largest absolute Gasteiger partial charge is 0.467 e.